The number of anilines is 2. The SMILES string of the molecule is CCN(C)/C=N\c1cc(C)cc(N(C)c2ccc(F)c(F)c2)c1Cl. The molecule has 0 bridgehead atoms. The maximum Gasteiger partial charge on any atom is 0.160 e. The summed E-state index contributed by atoms with van der Waals surface area (Å²) in [5.74, 6) is -1.78. The molecule has 0 spiro atoms. The van der Waals surface area contributed by atoms with Gasteiger partial charge in [0.05, 0.1) is 22.7 Å². The van der Waals surface area contributed by atoms with Gasteiger partial charge in [-0.2, -0.15) is 0 Å². The number of hydrogen-bond donors (Lipinski definition) is 0. The van der Waals surface area contributed by atoms with Gasteiger partial charge < -0.3 is 9.80 Å². The first-order valence-corrected chi connectivity index (χ1v) is 7.94. The molecule has 0 aliphatic rings. The van der Waals surface area contributed by atoms with E-state index in [1.54, 1.807) is 18.3 Å². The molecular formula is C18H20ClF2N3. The Morgan fingerprint density at radius 3 is 2.46 bits per heavy atom. The Morgan fingerprint density at radius 1 is 1.12 bits per heavy atom. The second-order valence-electron chi connectivity index (χ2n) is 5.59. The van der Waals surface area contributed by atoms with Gasteiger partial charge in [-0.15, -0.1) is 0 Å². The Labute approximate surface area is 146 Å². The molecule has 24 heavy (non-hydrogen) atoms. The molecule has 2 aromatic rings. The highest BCUT2D eigenvalue weighted by Gasteiger charge is 2.14. The van der Waals surface area contributed by atoms with Gasteiger partial charge in [0.2, 0.25) is 0 Å². The molecule has 2 aromatic carbocycles. The highest BCUT2D eigenvalue weighted by Crippen LogP contribution is 2.38. The first-order chi connectivity index (χ1) is 11.3. The molecule has 0 saturated carbocycles. The van der Waals surface area contributed by atoms with E-state index in [-0.39, 0.29) is 0 Å². The molecule has 3 nitrogen and oxygen atoms in total. The first-order valence-electron chi connectivity index (χ1n) is 7.56. The van der Waals surface area contributed by atoms with Gasteiger partial charge in [0.25, 0.3) is 0 Å². The summed E-state index contributed by atoms with van der Waals surface area (Å²) >= 11 is 6.48. The van der Waals surface area contributed by atoms with Gasteiger partial charge in [-0.1, -0.05) is 11.6 Å². The number of nitrogens with zero attached hydrogens (tertiary/aromatic N) is 3. The van der Waals surface area contributed by atoms with Crippen molar-refractivity contribution in [3.05, 3.63) is 52.6 Å². The fraction of sp³-hybridized carbons (Fsp3) is 0.278. The minimum atomic E-state index is -0.897. The summed E-state index contributed by atoms with van der Waals surface area (Å²) in [6, 6.07) is 7.50. The van der Waals surface area contributed by atoms with E-state index in [9.17, 15) is 8.78 Å². The Balaban J connectivity index is 2.44. The average molecular weight is 352 g/mol. The van der Waals surface area contributed by atoms with Crippen LogP contribution in [0.3, 0.4) is 0 Å². The third kappa shape index (κ3) is 4.03. The Bertz CT molecular complexity index is 762. The summed E-state index contributed by atoms with van der Waals surface area (Å²) < 4.78 is 26.6. The van der Waals surface area contributed by atoms with Crippen molar-refractivity contribution in [2.24, 2.45) is 4.99 Å². The van der Waals surface area contributed by atoms with Crippen molar-refractivity contribution >= 4 is 35.0 Å². The third-order valence-corrected chi connectivity index (χ3v) is 4.11. The van der Waals surface area contributed by atoms with Gasteiger partial charge in [0, 0.05) is 32.4 Å². The largest absolute Gasteiger partial charge is 0.366 e. The number of rotatable bonds is 5. The van der Waals surface area contributed by atoms with E-state index in [1.165, 1.54) is 6.07 Å². The van der Waals surface area contributed by atoms with E-state index >= 15 is 0 Å². The zero-order valence-electron chi connectivity index (χ0n) is 14.1. The zero-order valence-corrected chi connectivity index (χ0v) is 14.9. The van der Waals surface area contributed by atoms with Gasteiger partial charge in [-0.05, 0) is 43.7 Å². The van der Waals surface area contributed by atoms with E-state index in [0.29, 0.717) is 22.1 Å². The monoisotopic (exact) mass is 351 g/mol. The molecule has 0 radical (unpaired) electrons. The van der Waals surface area contributed by atoms with Crippen LogP contribution in [0.2, 0.25) is 5.02 Å². The molecule has 0 fully saturated rings. The predicted octanol–water partition coefficient (Wildman–Crippen LogP) is 5.31. The average Bonchev–Trinajstić information content (AvgIpc) is 2.56. The lowest BCUT2D eigenvalue weighted by Crippen LogP contribution is -2.14. The van der Waals surface area contributed by atoms with Crippen molar-refractivity contribution in [3.8, 4) is 0 Å². The van der Waals surface area contributed by atoms with Crippen molar-refractivity contribution in [2.75, 3.05) is 25.5 Å². The lowest BCUT2D eigenvalue weighted by atomic mass is 10.1. The number of hydrogen-bond acceptors (Lipinski definition) is 2. The standard InChI is InChI=1S/C18H20ClF2N3/c1-5-23(3)11-22-16-8-12(2)9-17(18(16)19)24(4)13-6-7-14(20)15(21)10-13/h6-11H,5H2,1-4H3/b22-11-. The number of aliphatic imine (C=N–C) groups is 1. The van der Waals surface area contributed by atoms with Crippen LogP contribution in [0.15, 0.2) is 35.3 Å². The maximum atomic E-state index is 13.5. The summed E-state index contributed by atoms with van der Waals surface area (Å²) in [5.41, 5.74) is 2.77. The molecule has 128 valence electrons. The predicted molar refractivity (Wildman–Crippen MR) is 97.1 cm³/mol. The van der Waals surface area contributed by atoms with E-state index in [1.807, 2.05) is 37.9 Å². The van der Waals surface area contributed by atoms with Crippen LogP contribution in [0.25, 0.3) is 0 Å². The molecule has 0 amide bonds. The van der Waals surface area contributed by atoms with Crippen molar-refractivity contribution < 1.29 is 8.78 Å². The summed E-state index contributed by atoms with van der Waals surface area (Å²) in [5, 5.41) is 0.452. The van der Waals surface area contributed by atoms with Crippen LogP contribution in [0, 0.1) is 18.6 Å². The van der Waals surface area contributed by atoms with E-state index < -0.39 is 11.6 Å². The third-order valence-electron chi connectivity index (χ3n) is 3.72. The highest BCUT2D eigenvalue weighted by molar-refractivity contribution is 6.36. The van der Waals surface area contributed by atoms with Crippen LogP contribution in [0.1, 0.15) is 12.5 Å². The summed E-state index contributed by atoms with van der Waals surface area (Å²) in [4.78, 5) is 8.05. The van der Waals surface area contributed by atoms with Crippen LogP contribution in [-0.2, 0) is 0 Å². The minimum Gasteiger partial charge on any atom is -0.366 e. The van der Waals surface area contributed by atoms with Gasteiger partial charge in [0.1, 0.15) is 0 Å². The van der Waals surface area contributed by atoms with Crippen LogP contribution >= 0.6 is 11.6 Å². The second kappa shape index (κ2) is 7.62. The molecule has 0 aliphatic carbocycles. The number of halogens is 3. The number of aryl methyl sites for hydroxylation is 1. The number of benzene rings is 2. The van der Waals surface area contributed by atoms with E-state index in [0.717, 1.165) is 24.2 Å². The molecule has 0 aliphatic heterocycles. The van der Waals surface area contributed by atoms with Gasteiger partial charge in [-0.25, -0.2) is 13.8 Å². The smallest absolute Gasteiger partial charge is 0.160 e. The van der Waals surface area contributed by atoms with Gasteiger partial charge in [-0.3, -0.25) is 0 Å². The second-order valence-corrected chi connectivity index (χ2v) is 5.97. The first kappa shape index (κ1) is 18.2. The molecule has 0 N–H and O–H groups in total. The highest BCUT2D eigenvalue weighted by atomic mass is 35.5. The molecule has 0 heterocycles. The fourth-order valence-electron chi connectivity index (χ4n) is 2.14. The van der Waals surface area contributed by atoms with Crippen molar-refractivity contribution in [1.82, 2.24) is 4.90 Å². The Hall–Kier alpha value is -2.14. The molecular weight excluding hydrogens is 332 g/mol. The lowest BCUT2D eigenvalue weighted by molar-refractivity contribution is 0.509. The molecule has 0 aromatic heterocycles. The summed E-state index contributed by atoms with van der Waals surface area (Å²) in [6.45, 7) is 4.78. The van der Waals surface area contributed by atoms with Crippen LogP contribution in [-0.4, -0.2) is 31.9 Å². The molecule has 0 unspecified atom stereocenters. The van der Waals surface area contributed by atoms with Crippen molar-refractivity contribution in [1.29, 1.82) is 0 Å². The summed E-state index contributed by atoms with van der Waals surface area (Å²) in [7, 11) is 3.67. The van der Waals surface area contributed by atoms with Crippen molar-refractivity contribution in [2.45, 2.75) is 13.8 Å². The Kier molecular flexibility index (Phi) is 5.78. The zero-order chi connectivity index (χ0) is 17.9. The molecule has 0 atom stereocenters. The van der Waals surface area contributed by atoms with Crippen molar-refractivity contribution in [3.63, 3.8) is 0 Å². The summed E-state index contributed by atoms with van der Waals surface area (Å²) in [6.07, 6.45) is 1.71. The molecule has 0 saturated heterocycles. The van der Waals surface area contributed by atoms with Crippen LogP contribution in [0.5, 0.6) is 0 Å². The normalized spacial score (nSPS) is 11.1. The lowest BCUT2D eigenvalue weighted by Gasteiger charge is -2.22. The van der Waals surface area contributed by atoms with Crippen LogP contribution in [0.4, 0.5) is 25.8 Å². The minimum absolute atomic E-state index is 0.452. The quantitative estimate of drug-likeness (QED) is 0.537. The molecule has 2 rings (SSSR count). The fourth-order valence-corrected chi connectivity index (χ4v) is 2.43. The van der Waals surface area contributed by atoms with E-state index in [4.69, 9.17) is 11.6 Å². The van der Waals surface area contributed by atoms with Crippen LogP contribution < -0.4 is 4.90 Å². The van der Waals surface area contributed by atoms with Gasteiger partial charge >= 0.3 is 0 Å². The Morgan fingerprint density at radius 2 is 1.83 bits per heavy atom. The van der Waals surface area contributed by atoms with E-state index in [2.05, 4.69) is 4.99 Å². The van der Waals surface area contributed by atoms with Gasteiger partial charge in [0.15, 0.2) is 11.6 Å². The molecule has 6 heteroatoms. The topological polar surface area (TPSA) is 18.8 Å². The maximum absolute atomic E-state index is 13.5.